The van der Waals surface area contributed by atoms with E-state index in [-0.39, 0.29) is 0 Å². The molecule has 1 aromatic carbocycles. The highest BCUT2D eigenvalue weighted by atomic mass is 32.2. The quantitative estimate of drug-likeness (QED) is 0.261. The summed E-state index contributed by atoms with van der Waals surface area (Å²) < 4.78 is 34.9. The third kappa shape index (κ3) is 15.0. The smallest absolute Gasteiger partial charge is 0.243 e. The van der Waals surface area contributed by atoms with Crippen LogP contribution in [0, 0.1) is 0 Å². The molecular weight excluding hydrogens is 398 g/mol. The molecule has 0 aliphatic rings. The highest BCUT2D eigenvalue weighted by Gasteiger charge is 1.99. The van der Waals surface area contributed by atoms with Gasteiger partial charge in [0.15, 0.2) is 0 Å². The lowest BCUT2D eigenvalue weighted by Crippen LogP contribution is -2.23. The van der Waals surface area contributed by atoms with Gasteiger partial charge in [-0.15, -0.1) is 0 Å². The van der Waals surface area contributed by atoms with Crippen LogP contribution in [-0.2, 0) is 23.7 Å². The maximum Gasteiger partial charge on any atom is 0.243 e. The van der Waals surface area contributed by atoms with Crippen LogP contribution in [0.15, 0.2) is 49.1 Å². The van der Waals surface area contributed by atoms with E-state index < -0.39 is 16.0 Å². The molecule has 2 aromatic rings. The second-order valence-corrected chi connectivity index (χ2v) is 9.15. The maximum absolute atomic E-state index is 10.2. The van der Waals surface area contributed by atoms with E-state index in [1.54, 1.807) is 30.3 Å². The van der Waals surface area contributed by atoms with Crippen molar-refractivity contribution in [3.8, 4) is 0 Å². The summed E-state index contributed by atoms with van der Waals surface area (Å²) in [5.41, 5.74) is 0.622. The Hall–Kier alpha value is -1.86. The van der Waals surface area contributed by atoms with Gasteiger partial charge in [-0.1, -0.05) is 76.5 Å². The third-order valence-corrected chi connectivity index (χ3v) is 5.32. The number of hydrogen-bond donors (Lipinski definition) is 1. The van der Waals surface area contributed by atoms with E-state index in [1.807, 2.05) is 0 Å². The topological polar surface area (TPSA) is 78.0 Å². The van der Waals surface area contributed by atoms with Crippen molar-refractivity contribution in [1.29, 1.82) is 0 Å². The Morgan fingerprint density at radius 3 is 2.00 bits per heavy atom. The van der Waals surface area contributed by atoms with Crippen molar-refractivity contribution in [2.45, 2.75) is 77.7 Å². The standard InChI is InChI=1S/C16H31N2.C7H9NO3S/c1-3-4-5-6-7-8-9-10-11-12-13-18-15-14-17(2)16-18;9-12(10,11)6-8-7-4-2-1-3-5-7/h14-16H,3-13H2,1-2H3;1-5,8H,6H2,(H,9,10,11)/q+1;/p-1. The van der Waals surface area contributed by atoms with Crippen molar-refractivity contribution in [2.24, 2.45) is 7.05 Å². The summed E-state index contributed by atoms with van der Waals surface area (Å²) in [4.78, 5) is 0. The van der Waals surface area contributed by atoms with Gasteiger partial charge in [-0.05, 0) is 25.0 Å². The van der Waals surface area contributed by atoms with Gasteiger partial charge in [0.1, 0.15) is 28.4 Å². The molecule has 2 rings (SSSR count). The number of hydrogen-bond acceptors (Lipinski definition) is 4. The number of para-hydroxylation sites is 1. The van der Waals surface area contributed by atoms with Crippen molar-refractivity contribution < 1.29 is 17.5 Å². The Balaban J connectivity index is 0.000000325. The molecule has 7 heteroatoms. The number of anilines is 1. The first-order valence-electron chi connectivity index (χ1n) is 11.1. The second kappa shape index (κ2) is 15.9. The van der Waals surface area contributed by atoms with E-state index in [0.717, 1.165) is 0 Å². The molecule has 0 aliphatic carbocycles. The van der Waals surface area contributed by atoms with Crippen LogP contribution in [0.25, 0.3) is 0 Å². The zero-order valence-corrected chi connectivity index (χ0v) is 19.4. The molecule has 1 N–H and O–H groups in total. The molecule has 6 nitrogen and oxygen atoms in total. The predicted molar refractivity (Wildman–Crippen MR) is 122 cm³/mol. The Labute approximate surface area is 183 Å². The number of nitrogens with one attached hydrogen (secondary N) is 1. The van der Waals surface area contributed by atoms with E-state index in [0.29, 0.717) is 5.69 Å². The van der Waals surface area contributed by atoms with Crippen LogP contribution in [0.1, 0.15) is 71.1 Å². The Kier molecular flexibility index (Phi) is 13.9. The fourth-order valence-corrected chi connectivity index (χ4v) is 3.49. The van der Waals surface area contributed by atoms with Crippen molar-refractivity contribution in [3.05, 3.63) is 49.1 Å². The number of rotatable bonds is 14. The highest BCUT2D eigenvalue weighted by molar-refractivity contribution is 7.85. The van der Waals surface area contributed by atoms with Crippen LogP contribution >= 0.6 is 0 Å². The summed E-state index contributed by atoms with van der Waals surface area (Å²) >= 11 is 0. The Morgan fingerprint density at radius 1 is 0.933 bits per heavy atom. The summed E-state index contributed by atoms with van der Waals surface area (Å²) in [7, 11) is -2.11. The molecule has 30 heavy (non-hydrogen) atoms. The van der Waals surface area contributed by atoms with Gasteiger partial charge in [0.25, 0.3) is 0 Å². The molecule has 170 valence electrons. The molecule has 1 heterocycles. The van der Waals surface area contributed by atoms with Gasteiger partial charge in [-0.3, -0.25) is 0 Å². The summed E-state index contributed by atoms with van der Waals surface area (Å²) in [5, 5.41) is 2.48. The number of unbranched alkanes of at least 4 members (excludes halogenated alkanes) is 9. The Morgan fingerprint density at radius 2 is 1.50 bits per heavy atom. The fraction of sp³-hybridized carbons (Fsp3) is 0.609. The lowest BCUT2D eigenvalue weighted by molar-refractivity contribution is -0.671. The first-order chi connectivity index (χ1) is 14.4. The minimum atomic E-state index is -4.18. The molecule has 1 aromatic heterocycles. The summed E-state index contributed by atoms with van der Waals surface area (Å²) in [6, 6.07) is 8.67. The van der Waals surface area contributed by atoms with Crippen molar-refractivity contribution in [2.75, 3.05) is 11.2 Å². The largest absolute Gasteiger partial charge is 0.747 e. The molecule has 0 unspecified atom stereocenters. The van der Waals surface area contributed by atoms with Crippen LogP contribution in [-0.4, -0.2) is 23.4 Å². The molecule has 0 aliphatic heterocycles. The minimum Gasteiger partial charge on any atom is -0.747 e. The van der Waals surface area contributed by atoms with E-state index in [1.165, 1.54) is 70.8 Å². The molecule has 0 radical (unpaired) electrons. The number of aryl methyl sites for hydroxylation is 2. The van der Waals surface area contributed by atoms with Gasteiger partial charge in [0.05, 0.1) is 13.6 Å². The van der Waals surface area contributed by atoms with Crippen LogP contribution in [0.3, 0.4) is 0 Å². The van der Waals surface area contributed by atoms with Gasteiger partial charge in [-0.25, -0.2) is 17.6 Å². The normalized spacial score (nSPS) is 11.0. The highest BCUT2D eigenvalue weighted by Crippen LogP contribution is 2.10. The van der Waals surface area contributed by atoms with Crippen molar-refractivity contribution in [1.82, 2.24) is 4.57 Å². The average molecular weight is 438 g/mol. The number of aromatic nitrogens is 2. The number of nitrogens with zero attached hydrogens (tertiary/aromatic N) is 2. The van der Waals surface area contributed by atoms with Crippen LogP contribution in [0.5, 0.6) is 0 Å². The van der Waals surface area contributed by atoms with Gasteiger partial charge in [-0.2, -0.15) is 0 Å². The van der Waals surface area contributed by atoms with E-state index in [9.17, 15) is 13.0 Å². The molecule has 0 fully saturated rings. The molecule has 0 saturated carbocycles. The van der Waals surface area contributed by atoms with E-state index in [4.69, 9.17) is 0 Å². The summed E-state index contributed by atoms with van der Waals surface area (Å²) in [6.07, 6.45) is 20.6. The Bertz CT molecular complexity index is 761. The zero-order chi connectivity index (χ0) is 22.1. The van der Waals surface area contributed by atoms with Gasteiger partial charge in [0.2, 0.25) is 6.33 Å². The molecule has 0 bridgehead atoms. The van der Waals surface area contributed by atoms with Crippen LogP contribution < -0.4 is 9.88 Å². The van der Waals surface area contributed by atoms with Crippen molar-refractivity contribution in [3.63, 3.8) is 0 Å². The van der Waals surface area contributed by atoms with E-state index >= 15 is 0 Å². The molecule has 0 amide bonds. The first-order valence-corrected chi connectivity index (χ1v) is 12.7. The molecular formula is C23H39N3O3S. The number of benzene rings is 1. The van der Waals surface area contributed by atoms with Gasteiger partial charge < -0.3 is 9.87 Å². The monoisotopic (exact) mass is 437 g/mol. The average Bonchev–Trinajstić information content (AvgIpc) is 3.14. The van der Waals surface area contributed by atoms with E-state index in [2.05, 4.69) is 47.1 Å². The lowest BCUT2D eigenvalue weighted by atomic mass is 10.1. The summed E-state index contributed by atoms with van der Waals surface area (Å²) in [5.74, 6) is -0.572. The fourth-order valence-electron chi connectivity index (χ4n) is 3.14. The minimum absolute atomic E-state index is 0.572. The number of imidazole rings is 1. The third-order valence-electron chi connectivity index (χ3n) is 4.82. The second-order valence-electron chi connectivity index (χ2n) is 7.74. The summed E-state index contributed by atoms with van der Waals surface area (Å²) in [6.45, 7) is 3.46. The molecule has 0 spiro atoms. The SMILES string of the molecule is CCCCCCCCCCCCn1cc[n+](C)c1.O=S(=O)([O-])CNc1ccccc1. The maximum atomic E-state index is 10.2. The van der Waals surface area contributed by atoms with Crippen molar-refractivity contribution >= 4 is 15.8 Å². The zero-order valence-electron chi connectivity index (χ0n) is 18.6. The molecule has 0 saturated heterocycles. The molecule has 0 atom stereocenters. The first kappa shape index (κ1) is 26.2. The van der Waals surface area contributed by atoms with Gasteiger partial charge >= 0.3 is 0 Å². The lowest BCUT2D eigenvalue weighted by Gasteiger charge is -2.08. The van der Waals surface area contributed by atoms with Crippen LogP contribution in [0.4, 0.5) is 5.69 Å². The van der Waals surface area contributed by atoms with Gasteiger partial charge in [0, 0.05) is 5.69 Å². The van der Waals surface area contributed by atoms with Crippen LogP contribution in [0.2, 0.25) is 0 Å². The predicted octanol–water partition coefficient (Wildman–Crippen LogP) is 4.83.